The van der Waals surface area contributed by atoms with Crippen molar-refractivity contribution >= 4 is 11.9 Å². The highest BCUT2D eigenvalue weighted by atomic mass is 19.2. The van der Waals surface area contributed by atoms with E-state index in [4.69, 9.17) is 0 Å². The van der Waals surface area contributed by atoms with Gasteiger partial charge < -0.3 is 4.90 Å². The number of fused-ring (bicyclic) bond motifs is 1. The molecule has 134 valence electrons. The van der Waals surface area contributed by atoms with Crippen LogP contribution in [0, 0.1) is 11.6 Å². The van der Waals surface area contributed by atoms with Crippen LogP contribution in [0.1, 0.15) is 31.2 Å². The summed E-state index contributed by atoms with van der Waals surface area (Å²) in [7, 11) is 0. The minimum atomic E-state index is -0.839. The van der Waals surface area contributed by atoms with Crippen LogP contribution < -0.4 is 0 Å². The fourth-order valence-corrected chi connectivity index (χ4v) is 4.21. The van der Waals surface area contributed by atoms with E-state index in [0.717, 1.165) is 50.4 Å². The molecule has 1 atom stereocenters. The molecule has 1 aromatic carbocycles. The van der Waals surface area contributed by atoms with Crippen LogP contribution in [0.25, 0.3) is 0 Å². The molecule has 0 bridgehead atoms. The highest BCUT2D eigenvalue weighted by molar-refractivity contribution is 6.04. The number of carbonyl (C=O) groups excluding carboxylic acids is 2. The van der Waals surface area contributed by atoms with Gasteiger partial charge in [0.2, 0.25) is 0 Å². The Kier molecular flexibility index (Phi) is 4.19. The lowest BCUT2D eigenvalue weighted by molar-refractivity contribution is -0.130. The van der Waals surface area contributed by atoms with E-state index in [0.29, 0.717) is 13.1 Å². The van der Waals surface area contributed by atoms with E-state index in [2.05, 4.69) is 4.90 Å². The Balaban J connectivity index is 1.36. The minimum Gasteiger partial charge on any atom is -0.312 e. The van der Waals surface area contributed by atoms with Gasteiger partial charge in [-0.15, -0.1) is 0 Å². The molecule has 0 aliphatic carbocycles. The normalized spacial score (nSPS) is 25.1. The maximum Gasteiger partial charge on any atom is 0.327 e. The summed E-state index contributed by atoms with van der Waals surface area (Å²) in [6, 6.07) is 3.54. The van der Waals surface area contributed by atoms with Crippen LogP contribution in [0.2, 0.25) is 0 Å². The molecule has 0 radical (unpaired) electrons. The van der Waals surface area contributed by atoms with Gasteiger partial charge in [-0.25, -0.2) is 13.6 Å². The summed E-state index contributed by atoms with van der Waals surface area (Å²) in [6.45, 7) is 2.68. The molecule has 0 saturated carbocycles. The summed E-state index contributed by atoms with van der Waals surface area (Å²) in [5.74, 6) is -1.71. The smallest absolute Gasteiger partial charge is 0.312 e. The van der Waals surface area contributed by atoms with Crippen molar-refractivity contribution in [3.05, 3.63) is 35.4 Å². The van der Waals surface area contributed by atoms with E-state index < -0.39 is 11.6 Å². The van der Waals surface area contributed by atoms with E-state index in [9.17, 15) is 18.4 Å². The number of urea groups is 1. The number of hydrogen-bond donors (Lipinski definition) is 0. The maximum atomic E-state index is 13.3. The molecule has 3 fully saturated rings. The standard InChI is InChI=1S/C18H21F2N3O2/c19-14-4-3-12(10-15(14)20)11-21-8-5-13(6-9-21)23-17(24)16-2-1-7-22(16)18(23)25/h3-4,10,13,16H,1-2,5-9,11H2/t16-/m0/s1. The number of piperidine rings is 1. The third kappa shape index (κ3) is 2.90. The summed E-state index contributed by atoms with van der Waals surface area (Å²) in [6.07, 6.45) is 3.13. The quantitative estimate of drug-likeness (QED) is 0.787. The van der Waals surface area contributed by atoms with Crippen LogP contribution in [0.5, 0.6) is 0 Å². The van der Waals surface area contributed by atoms with Crippen molar-refractivity contribution in [3.8, 4) is 0 Å². The lowest BCUT2D eigenvalue weighted by atomic mass is 10.0. The van der Waals surface area contributed by atoms with Gasteiger partial charge in [-0.05, 0) is 43.4 Å². The van der Waals surface area contributed by atoms with Gasteiger partial charge in [0.05, 0.1) is 0 Å². The molecule has 0 spiro atoms. The van der Waals surface area contributed by atoms with Gasteiger partial charge in [0.1, 0.15) is 6.04 Å². The number of carbonyl (C=O) groups is 2. The fourth-order valence-electron chi connectivity index (χ4n) is 4.21. The van der Waals surface area contributed by atoms with Gasteiger partial charge in [-0.1, -0.05) is 6.07 Å². The van der Waals surface area contributed by atoms with Crippen molar-refractivity contribution in [2.24, 2.45) is 0 Å². The topological polar surface area (TPSA) is 43.9 Å². The monoisotopic (exact) mass is 349 g/mol. The van der Waals surface area contributed by atoms with Gasteiger partial charge in [0.25, 0.3) is 5.91 Å². The second kappa shape index (κ2) is 6.37. The number of halogens is 2. The maximum absolute atomic E-state index is 13.3. The number of nitrogens with zero attached hydrogens (tertiary/aromatic N) is 3. The minimum absolute atomic E-state index is 0.0402. The lowest BCUT2D eigenvalue weighted by Crippen LogP contribution is -2.48. The largest absolute Gasteiger partial charge is 0.327 e. The first-order valence-corrected chi connectivity index (χ1v) is 8.84. The summed E-state index contributed by atoms with van der Waals surface area (Å²) in [4.78, 5) is 30.3. The van der Waals surface area contributed by atoms with Gasteiger partial charge in [-0.3, -0.25) is 14.6 Å². The average molecular weight is 349 g/mol. The zero-order chi connectivity index (χ0) is 17.6. The van der Waals surface area contributed by atoms with Crippen LogP contribution in [-0.2, 0) is 11.3 Å². The number of rotatable bonds is 3. The molecule has 0 unspecified atom stereocenters. The average Bonchev–Trinajstić information content (AvgIpc) is 3.17. The van der Waals surface area contributed by atoms with Crippen LogP contribution in [0.15, 0.2) is 18.2 Å². The Labute approximate surface area is 145 Å². The molecule has 4 rings (SSSR count). The molecule has 3 saturated heterocycles. The Morgan fingerprint density at radius 3 is 2.44 bits per heavy atom. The second-order valence-corrected chi connectivity index (χ2v) is 7.10. The molecule has 0 aromatic heterocycles. The number of imide groups is 1. The van der Waals surface area contributed by atoms with Gasteiger partial charge in [-0.2, -0.15) is 0 Å². The Hall–Kier alpha value is -2.02. The van der Waals surface area contributed by atoms with Crippen molar-refractivity contribution in [2.75, 3.05) is 19.6 Å². The van der Waals surface area contributed by atoms with E-state index in [1.807, 2.05) is 0 Å². The van der Waals surface area contributed by atoms with Crippen LogP contribution in [0.3, 0.4) is 0 Å². The molecular weight excluding hydrogens is 328 g/mol. The highest BCUT2D eigenvalue weighted by Gasteiger charge is 2.49. The van der Waals surface area contributed by atoms with Gasteiger partial charge in [0.15, 0.2) is 11.6 Å². The number of hydrogen-bond acceptors (Lipinski definition) is 3. The lowest BCUT2D eigenvalue weighted by Gasteiger charge is -2.35. The summed E-state index contributed by atoms with van der Waals surface area (Å²) >= 11 is 0. The van der Waals surface area contributed by atoms with E-state index in [-0.39, 0.29) is 24.0 Å². The molecule has 7 heteroatoms. The third-order valence-electron chi connectivity index (χ3n) is 5.54. The molecule has 1 aromatic rings. The molecule has 3 aliphatic heterocycles. The van der Waals surface area contributed by atoms with Crippen LogP contribution in [-0.4, -0.2) is 58.4 Å². The van der Waals surface area contributed by atoms with Crippen molar-refractivity contribution in [2.45, 2.75) is 44.3 Å². The summed E-state index contributed by atoms with van der Waals surface area (Å²) in [5, 5.41) is 0. The summed E-state index contributed by atoms with van der Waals surface area (Å²) in [5.41, 5.74) is 0.728. The van der Waals surface area contributed by atoms with Crippen molar-refractivity contribution < 1.29 is 18.4 Å². The van der Waals surface area contributed by atoms with E-state index in [1.165, 1.54) is 11.0 Å². The second-order valence-electron chi connectivity index (χ2n) is 7.10. The number of amides is 3. The third-order valence-corrected chi connectivity index (χ3v) is 5.54. The Morgan fingerprint density at radius 1 is 1.00 bits per heavy atom. The molecule has 5 nitrogen and oxygen atoms in total. The SMILES string of the molecule is O=C1[C@@H]2CCCN2C(=O)N1C1CCN(Cc2ccc(F)c(F)c2)CC1. The van der Waals surface area contributed by atoms with Crippen molar-refractivity contribution in [1.29, 1.82) is 0 Å². The predicted octanol–water partition coefficient (Wildman–Crippen LogP) is 2.36. The first kappa shape index (κ1) is 16.4. The Morgan fingerprint density at radius 2 is 1.76 bits per heavy atom. The molecule has 25 heavy (non-hydrogen) atoms. The van der Waals surface area contributed by atoms with E-state index >= 15 is 0 Å². The zero-order valence-electron chi connectivity index (χ0n) is 14.0. The zero-order valence-corrected chi connectivity index (χ0v) is 14.0. The van der Waals surface area contributed by atoms with Crippen LogP contribution >= 0.6 is 0 Å². The van der Waals surface area contributed by atoms with Crippen molar-refractivity contribution in [3.63, 3.8) is 0 Å². The van der Waals surface area contributed by atoms with E-state index in [1.54, 1.807) is 11.0 Å². The molecular formula is C18H21F2N3O2. The van der Waals surface area contributed by atoms with Gasteiger partial charge >= 0.3 is 6.03 Å². The Bertz CT molecular complexity index is 682. The predicted molar refractivity (Wildman–Crippen MR) is 86.6 cm³/mol. The first-order chi connectivity index (χ1) is 12.0. The molecule has 3 amide bonds. The number of benzene rings is 1. The summed E-state index contributed by atoms with van der Waals surface area (Å²) < 4.78 is 26.3. The first-order valence-electron chi connectivity index (χ1n) is 8.84. The van der Waals surface area contributed by atoms with Gasteiger partial charge in [0, 0.05) is 32.2 Å². The number of likely N-dealkylation sites (tertiary alicyclic amines) is 1. The highest BCUT2D eigenvalue weighted by Crippen LogP contribution is 2.31. The molecule has 0 N–H and O–H groups in total. The fraction of sp³-hybridized carbons (Fsp3) is 0.556. The molecule has 3 aliphatic rings. The van der Waals surface area contributed by atoms with Crippen molar-refractivity contribution in [1.82, 2.24) is 14.7 Å². The molecule has 3 heterocycles. The van der Waals surface area contributed by atoms with Crippen LogP contribution in [0.4, 0.5) is 13.6 Å².